The van der Waals surface area contributed by atoms with Gasteiger partial charge < -0.3 is 11.1 Å². The van der Waals surface area contributed by atoms with Crippen LogP contribution in [0.4, 0.5) is 5.69 Å². The summed E-state index contributed by atoms with van der Waals surface area (Å²) in [5, 5.41) is 2.92. The number of hydrogen-bond donors (Lipinski definition) is 2. The Balaban J connectivity index is 1.89. The number of hydrogen-bond acceptors (Lipinski definition) is 4. The van der Waals surface area contributed by atoms with E-state index in [4.69, 9.17) is 5.73 Å². The van der Waals surface area contributed by atoms with Crippen LogP contribution >= 0.6 is 11.8 Å². The zero-order valence-electron chi connectivity index (χ0n) is 12.7. The molecule has 0 aromatic heterocycles. The maximum Gasteiger partial charge on any atom is 0.241 e. The van der Waals surface area contributed by atoms with Crippen LogP contribution in [0.25, 0.3) is 0 Å². The normalized spacial score (nSPS) is 16.9. The van der Waals surface area contributed by atoms with Crippen molar-refractivity contribution in [2.24, 2.45) is 5.73 Å². The highest BCUT2D eigenvalue weighted by Crippen LogP contribution is 2.16. The van der Waals surface area contributed by atoms with Gasteiger partial charge in [0.15, 0.2) is 0 Å². The molecule has 1 aromatic carbocycles. The second-order valence-corrected chi connectivity index (χ2v) is 6.55. The second kappa shape index (κ2) is 8.41. The number of carbonyl (C=O) groups excluding carboxylic acids is 1. The van der Waals surface area contributed by atoms with Crippen molar-refractivity contribution in [3.05, 3.63) is 29.8 Å². The van der Waals surface area contributed by atoms with Gasteiger partial charge in [-0.1, -0.05) is 12.1 Å². The maximum absolute atomic E-state index is 12.0. The molecule has 1 aliphatic rings. The molecule has 3 N–H and O–H groups in total. The van der Waals surface area contributed by atoms with E-state index in [1.54, 1.807) is 11.8 Å². The molecule has 4 nitrogen and oxygen atoms in total. The highest BCUT2D eigenvalue weighted by Gasteiger charge is 2.14. The predicted octanol–water partition coefficient (Wildman–Crippen LogP) is 2.30. The Morgan fingerprint density at radius 1 is 1.43 bits per heavy atom. The van der Waals surface area contributed by atoms with E-state index in [1.807, 2.05) is 18.4 Å². The molecule has 116 valence electrons. The van der Waals surface area contributed by atoms with Gasteiger partial charge in [0, 0.05) is 12.2 Å². The van der Waals surface area contributed by atoms with Gasteiger partial charge in [-0.25, -0.2) is 0 Å². The number of carbonyl (C=O) groups is 1. The number of rotatable bonds is 7. The topological polar surface area (TPSA) is 58.4 Å². The van der Waals surface area contributed by atoms with Gasteiger partial charge in [-0.3, -0.25) is 9.69 Å². The predicted molar refractivity (Wildman–Crippen MR) is 90.6 cm³/mol. The van der Waals surface area contributed by atoms with Crippen molar-refractivity contribution in [2.45, 2.75) is 31.8 Å². The average molecular weight is 307 g/mol. The molecule has 0 bridgehead atoms. The van der Waals surface area contributed by atoms with Gasteiger partial charge in [0.25, 0.3) is 0 Å². The van der Waals surface area contributed by atoms with Gasteiger partial charge in [0.05, 0.1) is 6.04 Å². The summed E-state index contributed by atoms with van der Waals surface area (Å²) in [5.41, 5.74) is 7.97. The number of thioether (sulfide) groups is 1. The van der Waals surface area contributed by atoms with Gasteiger partial charge in [-0.15, -0.1) is 0 Å². The molecule has 1 fully saturated rings. The smallest absolute Gasteiger partial charge is 0.241 e. The molecule has 1 saturated heterocycles. The lowest BCUT2D eigenvalue weighted by Crippen LogP contribution is -2.36. The van der Waals surface area contributed by atoms with Gasteiger partial charge in [-0.2, -0.15) is 11.8 Å². The first kappa shape index (κ1) is 16.3. The van der Waals surface area contributed by atoms with Crippen LogP contribution in [0.2, 0.25) is 0 Å². The monoisotopic (exact) mass is 307 g/mol. The number of benzene rings is 1. The number of likely N-dealkylation sites (tertiary alicyclic amines) is 1. The molecule has 1 amide bonds. The van der Waals surface area contributed by atoms with Gasteiger partial charge in [0.2, 0.25) is 5.91 Å². The molecule has 21 heavy (non-hydrogen) atoms. The first-order chi connectivity index (χ1) is 10.2. The summed E-state index contributed by atoms with van der Waals surface area (Å²) >= 11 is 1.71. The van der Waals surface area contributed by atoms with Crippen molar-refractivity contribution >= 4 is 23.4 Å². The Kier molecular flexibility index (Phi) is 6.54. The van der Waals surface area contributed by atoms with E-state index in [0.717, 1.165) is 18.0 Å². The van der Waals surface area contributed by atoms with E-state index in [-0.39, 0.29) is 5.91 Å². The second-order valence-electron chi connectivity index (χ2n) is 5.56. The Bertz CT molecular complexity index is 461. The summed E-state index contributed by atoms with van der Waals surface area (Å²) in [7, 11) is 0. The van der Waals surface area contributed by atoms with Crippen molar-refractivity contribution in [1.82, 2.24) is 4.90 Å². The Labute approximate surface area is 131 Å². The summed E-state index contributed by atoms with van der Waals surface area (Å²) in [4.78, 5) is 14.5. The molecule has 0 unspecified atom stereocenters. The zero-order chi connectivity index (χ0) is 15.1. The van der Waals surface area contributed by atoms with E-state index in [1.165, 1.54) is 31.5 Å². The first-order valence-electron chi connectivity index (χ1n) is 7.55. The van der Waals surface area contributed by atoms with Gasteiger partial charge in [0.1, 0.15) is 0 Å². The minimum Gasteiger partial charge on any atom is -0.325 e. The van der Waals surface area contributed by atoms with Crippen molar-refractivity contribution in [3.8, 4) is 0 Å². The van der Waals surface area contributed by atoms with Crippen LogP contribution in [0.5, 0.6) is 0 Å². The fraction of sp³-hybridized carbons (Fsp3) is 0.562. The summed E-state index contributed by atoms with van der Waals surface area (Å²) in [5.74, 6) is 0.811. The van der Waals surface area contributed by atoms with E-state index in [9.17, 15) is 4.79 Å². The SMILES string of the molecule is CSCC[C@@H](N)C(=O)Nc1cccc(CN2CCCC2)c1. The Morgan fingerprint density at radius 2 is 2.19 bits per heavy atom. The van der Waals surface area contributed by atoms with E-state index >= 15 is 0 Å². The van der Waals surface area contributed by atoms with Crippen molar-refractivity contribution < 1.29 is 4.79 Å². The lowest BCUT2D eigenvalue weighted by Gasteiger charge is -2.16. The summed E-state index contributed by atoms with van der Waals surface area (Å²) in [6.07, 6.45) is 5.31. The molecule has 0 spiro atoms. The Morgan fingerprint density at radius 3 is 2.90 bits per heavy atom. The van der Waals surface area contributed by atoms with Crippen LogP contribution in [-0.4, -0.2) is 41.9 Å². The Hall–Kier alpha value is -1.04. The van der Waals surface area contributed by atoms with Crippen LogP contribution in [0.15, 0.2) is 24.3 Å². The highest BCUT2D eigenvalue weighted by molar-refractivity contribution is 7.98. The first-order valence-corrected chi connectivity index (χ1v) is 8.95. The third-order valence-corrected chi connectivity index (χ3v) is 4.41. The molecular formula is C16H25N3OS. The van der Waals surface area contributed by atoms with E-state index in [2.05, 4.69) is 22.3 Å². The number of anilines is 1. The molecule has 1 aromatic rings. The third-order valence-electron chi connectivity index (χ3n) is 3.77. The van der Waals surface area contributed by atoms with Crippen molar-refractivity contribution in [3.63, 3.8) is 0 Å². The van der Waals surface area contributed by atoms with E-state index in [0.29, 0.717) is 6.42 Å². The van der Waals surface area contributed by atoms with Gasteiger partial charge >= 0.3 is 0 Å². The largest absolute Gasteiger partial charge is 0.325 e. The van der Waals surface area contributed by atoms with Crippen LogP contribution in [0.1, 0.15) is 24.8 Å². The molecule has 0 radical (unpaired) electrons. The van der Waals surface area contributed by atoms with Crippen LogP contribution in [-0.2, 0) is 11.3 Å². The molecule has 5 heteroatoms. The maximum atomic E-state index is 12.0. The lowest BCUT2D eigenvalue weighted by atomic mass is 10.1. The minimum absolute atomic E-state index is 0.0950. The molecule has 1 heterocycles. The third kappa shape index (κ3) is 5.34. The van der Waals surface area contributed by atoms with Crippen molar-refractivity contribution in [1.29, 1.82) is 0 Å². The summed E-state index contributed by atoms with van der Waals surface area (Å²) in [6.45, 7) is 3.31. The fourth-order valence-electron chi connectivity index (χ4n) is 2.56. The van der Waals surface area contributed by atoms with Crippen LogP contribution < -0.4 is 11.1 Å². The summed E-state index contributed by atoms with van der Waals surface area (Å²) < 4.78 is 0. The molecule has 0 aliphatic carbocycles. The fourth-order valence-corrected chi connectivity index (χ4v) is 3.05. The minimum atomic E-state index is -0.431. The molecule has 2 rings (SSSR count). The van der Waals surface area contributed by atoms with Crippen LogP contribution in [0.3, 0.4) is 0 Å². The highest BCUT2D eigenvalue weighted by atomic mass is 32.2. The van der Waals surface area contributed by atoms with Gasteiger partial charge in [-0.05, 0) is 62.1 Å². The average Bonchev–Trinajstić information content (AvgIpc) is 2.98. The quantitative estimate of drug-likeness (QED) is 0.811. The number of nitrogens with one attached hydrogen (secondary N) is 1. The number of amides is 1. The molecule has 1 aliphatic heterocycles. The standard InChI is InChI=1S/C16H25N3OS/c1-21-10-7-15(17)16(20)18-14-6-4-5-13(11-14)12-19-8-2-3-9-19/h4-6,11,15H,2-3,7-10,12,17H2,1H3,(H,18,20)/t15-/m1/s1. The summed E-state index contributed by atoms with van der Waals surface area (Å²) in [6, 6.07) is 7.65. The molecule has 1 atom stereocenters. The lowest BCUT2D eigenvalue weighted by molar-refractivity contribution is -0.117. The number of nitrogens with zero attached hydrogens (tertiary/aromatic N) is 1. The zero-order valence-corrected chi connectivity index (χ0v) is 13.5. The van der Waals surface area contributed by atoms with E-state index < -0.39 is 6.04 Å². The van der Waals surface area contributed by atoms with Crippen molar-refractivity contribution in [2.75, 3.05) is 30.4 Å². The van der Waals surface area contributed by atoms with Crippen LogP contribution in [0, 0.1) is 0 Å². The number of nitrogens with two attached hydrogens (primary N) is 1. The molecule has 0 saturated carbocycles. The molecular weight excluding hydrogens is 282 g/mol.